The Balaban J connectivity index is 5.89. The molecule has 0 aromatic rings. The van der Waals surface area contributed by atoms with Gasteiger partial charge >= 0.3 is 112 Å². The van der Waals surface area contributed by atoms with Gasteiger partial charge in [0.25, 0.3) is 0 Å². The van der Waals surface area contributed by atoms with Gasteiger partial charge in [0.1, 0.15) is 0 Å². The van der Waals surface area contributed by atoms with Crippen molar-refractivity contribution in [2.24, 2.45) is 0 Å². The van der Waals surface area contributed by atoms with E-state index in [1.165, 1.54) is 0 Å². The standard InChI is InChI=1S/C12H24Ge2O2Si/c1-13(2,3)11(9-15)17(7,8)12(10-16)14(4,5)6/h1-8H3. The molecule has 2 nitrogen and oxygen atoms in total. The molecule has 0 aromatic heterocycles. The molecule has 0 radical (unpaired) electrons. The number of hydrogen-bond acceptors (Lipinski definition) is 2. The SMILES string of the molecule is C[Si](C)([C](=C=O)[Ge]([CH3])([CH3])[CH3])[C](=C=O)[Ge]([CH3])([CH3])[CH3]. The summed E-state index contributed by atoms with van der Waals surface area (Å²) in [6.07, 6.45) is 0. The van der Waals surface area contributed by atoms with Crippen LogP contribution in [0.15, 0.2) is 8.06 Å². The van der Waals surface area contributed by atoms with Gasteiger partial charge in [-0.25, -0.2) is 0 Å². The molecule has 0 spiro atoms. The van der Waals surface area contributed by atoms with E-state index in [0.717, 1.165) is 8.06 Å². The third-order valence-electron chi connectivity index (χ3n) is 2.95. The molecule has 0 heterocycles. The topological polar surface area (TPSA) is 34.1 Å². The van der Waals surface area contributed by atoms with Crippen molar-refractivity contribution in [1.29, 1.82) is 0 Å². The second-order valence-electron chi connectivity index (χ2n) is 7.08. The molecule has 0 atom stereocenters. The Morgan fingerprint density at radius 1 is 0.765 bits per heavy atom. The summed E-state index contributed by atoms with van der Waals surface area (Å²) in [4.78, 5) is 22.7. The second-order valence-corrected chi connectivity index (χ2v) is 34.4. The van der Waals surface area contributed by atoms with E-state index < -0.39 is 34.6 Å². The summed E-state index contributed by atoms with van der Waals surface area (Å²) in [5.41, 5.74) is 0. The molecular weight excluding hydrogens is 349 g/mol. The van der Waals surface area contributed by atoms with E-state index in [9.17, 15) is 9.59 Å². The Bertz CT molecular complexity index is 363. The molecule has 0 unspecified atom stereocenters. The Kier molecular flexibility index (Phi) is 5.52. The van der Waals surface area contributed by atoms with Gasteiger partial charge in [-0.05, 0) is 0 Å². The van der Waals surface area contributed by atoms with Crippen LogP contribution >= 0.6 is 0 Å². The Labute approximate surface area is 111 Å². The summed E-state index contributed by atoms with van der Waals surface area (Å²) in [5, 5.41) is 0. The third-order valence-corrected chi connectivity index (χ3v) is 28.0. The van der Waals surface area contributed by atoms with Crippen LogP contribution in [-0.4, -0.2) is 46.5 Å². The van der Waals surface area contributed by atoms with Gasteiger partial charge in [0.2, 0.25) is 0 Å². The molecule has 0 fully saturated rings. The van der Waals surface area contributed by atoms with Crippen molar-refractivity contribution in [3.05, 3.63) is 8.06 Å². The Morgan fingerprint density at radius 3 is 1.12 bits per heavy atom. The van der Waals surface area contributed by atoms with Gasteiger partial charge in [-0.1, -0.05) is 0 Å². The van der Waals surface area contributed by atoms with Crippen LogP contribution in [0.1, 0.15) is 0 Å². The van der Waals surface area contributed by atoms with Crippen molar-refractivity contribution in [3.63, 3.8) is 0 Å². The van der Waals surface area contributed by atoms with Crippen molar-refractivity contribution in [2.45, 2.75) is 47.6 Å². The first kappa shape index (κ1) is 17.2. The summed E-state index contributed by atoms with van der Waals surface area (Å²) in [6.45, 7) is 4.25. The van der Waals surface area contributed by atoms with Crippen molar-refractivity contribution >= 4 is 46.5 Å². The quantitative estimate of drug-likeness (QED) is 0.561. The van der Waals surface area contributed by atoms with Gasteiger partial charge in [-0.2, -0.15) is 0 Å². The summed E-state index contributed by atoms with van der Waals surface area (Å²) in [6, 6.07) is 0. The molecule has 0 rings (SSSR count). The zero-order chi connectivity index (χ0) is 14.1. The first-order chi connectivity index (χ1) is 7.39. The molecular formula is C12H24Ge2O2Si. The summed E-state index contributed by atoms with van der Waals surface area (Å²) in [5.74, 6) is 17.6. The average molecular weight is 374 g/mol. The van der Waals surface area contributed by atoms with E-state index in [1.807, 2.05) is 0 Å². The number of hydrogen-bond donors (Lipinski definition) is 0. The van der Waals surface area contributed by atoms with Crippen LogP contribution < -0.4 is 0 Å². The van der Waals surface area contributed by atoms with Crippen molar-refractivity contribution < 1.29 is 9.59 Å². The molecule has 0 aliphatic heterocycles. The fraction of sp³-hybridized carbons (Fsp3) is 0.667. The average Bonchev–Trinajstić information content (AvgIpc) is 1.98. The molecule has 5 heteroatoms. The van der Waals surface area contributed by atoms with Crippen molar-refractivity contribution in [3.8, 4) is 0 Å². The van der Waals surface area contributed by atoms with Crippen molar-refractivity contribution in [2.75, 3.05) is 0 Å². The molecule has 0 aromatic carbocycles. The van der Waals surface area contributed by atoms with E-state index >= 15 is 0 Å². The van der Waals surface area contributed by atoms with Crippen molar-refractivity contribution in [1.82, 2.24) is 0 Å². The van der Waals surface area contributed by atoms with Gasteiger partial charge in [0.05, 0.1) is 0 Å². The van der Waals surface area contributed by atoms with Crippen LogP contribution in [0.25, 0.3) is 0 Å². The molecule has 0 saturated heterocycles. The van der Waals surface area contributed by atoms with Crippen LogP contribution in [0.3, 0.4) is 0 Å². The number of carbonyl (C=O) groups excluding carboxylic acids is 2. The van der Waals surface area contributed by atoms with Crippen LogP contribution in [0.4, 0.5) is 0 Å². The Hall–Kier alpha value is 0.203. The van der Waals surface area contributed by atoms with Crippen LogP contribution in [0, 0.1) is 0 Å². The van der Waals surface area contributed by atoms with Gasteiger partial charge in [-0.15, -0.1) is 0 Å². The predicted molar refractivity (Wildman–Crippen MR) is 82.6 cm³/mol. The molecule has 0 bridgehead atoms. The first-order valence-electron chi connectivity index (χ1n) is 5.91. The third kappa shape index (κ3) is 4.11. The monoisotopic (exact) mass is 376 g/mol. The van der Waals surface area contributed by atoms with Crippen LogP contribution in [-0.2, 0) is 9.59 Å². The second kappa shape index (κ2) is 5.45. The molecule has 0 aliphatic carbocycles. The van der Waals surface area contributed by atoms with Gasteiger partial charge in [0, 0.05) is 0 Å². The Morgan fingerprint density at radius 2 is 1.00 bits per heavy atom. The maximum absolute atomic E-state index is 11.3. The maximum atomic E-state index is 11.3. The fourth-order valence-corrected chi connectivity index (χ4v) is 35.2. The summed E-state index contributed by atoms with van der Waals surface area (Å²) >= 11 is -4.43. The summed E-state index contributed by atoms with van der Waals surface area (Å²) in [7, 11) is -2.08. The summed E-state index contributed by atoms with van der Waals surface area (Å²) < 4.78 is 1.97. The molecule has 0 N–H and O–H groups in total. The van der Waals surface area contributed by atoms with E-state index in [1.54, 1.807) is 0 Å². The van der Waals surface area contributed by atoms with E-state index in [0.29, 0.717) is 0 Å². The molecule has 0 saturated carbocycles. The molecule has 96 valence electrons. The number of rotatable bonds is 4. The minimum absolute atomic E-state index is 0.983. The van der Waals surface area contributed by atoms with E-state index in [-0.39, 0.29) is 0 Å². The first-order valence-corrected chi connectivity index (χ1v) is 23.6. The predicted octanol–water partition coefficient (Wildman–Crippen LogP) is 3.04. The molecule has 0 aliphatic rings. The fourth-order valence-electron chi connectivity index (χ4n) is 2.56. The normalized spacial score (nSPS) is 12.7. The van der Waals surface area contributed by atoms with Gasteiger partial charge in [0.15, 0.2) is 0 Å². The molecule has 17 heavy (non-hydrogen) atoms. The van der Waals surface area contributed by atoms with Crippen LogP contribution in [0.5, 0.6) is 0 Å². The van der Waals surface area contributed by atoms with Gasteiger partial charge < -0.3 is 0 Å². The van der Waals surface area contributed by atoms with E-state index in [4.69, 9.17) is 0 Å². The van der Waals surface area contributed by atoms with Crippen LogP contribution in [0.2, 0.25) is 47.6 Å². The minimum atomic E-state index is -2.21. The van der Waals surface area contributed by atoms with E-state index in [2.05, 4.69) is 59.5 Å². The molecule has 0 amide bonds. The zero-order valence-corrected chi connectivity index (χ0v) is 17.5. The zero-order valence-electron chi connectivity index (χ0n) is 12.3. The van der Waals surface area contributed by atoms with Gasteiger partial charge in [-0.3, -0.25) is 0 Å².